The van der Waals surface area contributed by atoms with Gasteiger partial charge in [0.05, 0.1) is 5.69 Å². The predicted octanol–water partition coefficient (Wildman–Crippen LogP) is 3.98. The molecule has 102 valence electrons. The SMILES string of the molecule is C=C/C=C\C=C(/C)CN(Cc1ccccn1)C(C)C. The second kappa shape index (κ2) is 8.44. The van der Waals surface area contributed by atoms with E-state index in [4.69, 9.17) is 0 Å². The molecule has 1 heterocycles. The fourth-order valence-corrected chi connectivity index (χ4v) is 1.79. The minimum Gasteiger partial charge on any atom is -0.291 e. The Kier molecular flexibility index (Phi) is 6.83. The Morgan fingerprint density at radius 2 is 2.16 bits per heavy atom. The third kappa shape index (κ3) is 6.16. The topological polar surface area (TPSA) is 16.1 Å². The first-order valence-electron chi connectivity index (χ1n) is 6.72. The summed E-state index contributed by atoms with van der Waals surface area (Å²) in [5.41, 5.74) is 2.45. The van der Waals surface area contributed by atoms with Crippen molar-refractivity contribution in [3.05, 3.63) is 66.5 Å². The lowest BCUT2D eigenvalue weighted by molar-refractivity contribution is 0.229. The largest absolute Gasteiger partial charge is 0.291 e. The van der Waals surface area contributed by atoms with Crippen LogP contribution in [-0.2, 0) is 6.54 Å². The van der Waals surface area contributed by atoms with Crippen LogP contribution in [0.25, 0.3) is 0 Å². The average Bonchev–Trinajstić information content (AvgIpc) is 2.39. The van der Waals surface area contributed by atoms with Crippen molar-refractivity contribution in [2.24, 2.45) is 0 Å². The number of allylic oxidation sites excluding steroid dienone is 4. The van der Waals surface area contributed by atoms with E-state index in [2.05, 4.69) is 49.4 Å². The monoisotopic (exact) mass is 256 g/mol. The molecule has 0 aliphatic rings. The number of pyridine rings is 1. The lowest BCUT2D eigenvalue weighted by atomic mass is 10.2. The highest BCUT2D eigenvalue weighted by Crippen LogP contribution is 2.09. The molecule has 0 fully saturated rings. The van der Waals surface area contributed by atoms with E-state index in [1.165, 1.54) is 5.57 Å². The van der Waals surface area contributed by atoms with Gasteiger partial charge in [0.25, 0.3) is 0 Å². The van der Waals surface area contributed by atoms with Gasteiger partial charge in [0.15, 0.2) is 0 Å². The Morgan fingerprint density at radius 1 is 1.37 bits per heavy atom. The first-order valence-corrected chi connectivity index (χ1v) is 6.72. The molecule has 0 aromatic carbocycles. The molecule has 0 saturated carbocycles. The van der Waals surface area contributed by atoms with Gasteiger partial charge in [0, 0.05) is 25.3 Å². The van der Waals surface area contributed by atoms with E-state index in [9.17, 15) is 0 Å². The van der Waals surface area contributed by atoms with Gasteiger partial charge in [0.2, 0.25) is 0 Å². The molecular weight excluding hydrogens is 232 g/mol. The summed E-state index contributed by atoms with van der Waals surface area (Å²) in [6, 6.07) is 6.56. The first-order chi connectivity index (χ1) is 9.13. The maximum Gasteiger partial charge on any atom is 0.0544 e. The van der Waals surface area contributed by atoms with Crippen LogP contribution >= 0.6 is 0 Å². The van der Waals surface area contributed by atoms with Gasteiger partial charge in [-0.05, 0) is 32.9 Å². The van der Waals surface area contributed by atoms with Crippen molar-refractivity contribution in [1.82, 2.24) is 9.88 Å². The van der Waals surface area contributed by atoms with Crippen LogP contribution in [-0.4, -0.2) is 22.5 Å². The predicted molar refractivity (Wildman–Crippen MR) is 82.9 cm³/mol. The Morgan fingerprint density at radius 3 is 2.74 bits per heavy atom. The van der Waals surface area contributed by atoms with Gasteiger partial charge in [-0.2, -0.15) is 0 Å². The highest BCUT2D eigenvalue weighted by Gasteiger charge is 2.10. The number of aromatic nitrogens is 1. The van der Waals surface area contributed by atoms with Crippen LogP contribution < -0.4 is 0 Å². The molecule has 0 atom stereocenters. The zero-order valence-corrected chi connectivity index (χ0v) is 12.2. The van der Waals surface area contributed by atoms with Crippen LogP contribution in [0.3, 0.4) is 0 Å². The molecule has 1 aromatic rings. The van der Waals surface area contributed by atoms with Gasteiger partial charge >= 0.3 is 0 Å². The van der Waals surface area contributed by atoms with Crippen molar-refractivity contribution in [2.45, 2.75) is 33.4 Å². The van der Waals surface area contributed by atoms with E-state index in [0.29, 0.717) is 6.04 Å². The molecular formula is C17H24N2. The Balaban J connectivity index is 2.66. The highest BCUT2D eigenvalue weighted by molar-refractivity contribution is 5.15. The molecule has 0 unspecified atom stereocenters. The zero-order valence-electron chi connectivity index (χ0n) is 12.2. The molecule has 1 rings (SSSR count). The van der Waals surface area contributed by atoms with E-state index in [1.807, 2.05) is 30.5 Å². The molecule has 0 amide bonds. The van der Waals surface area contributed by atoms with Crippen molar-refractivity contribution < 1.29 is 0 Å². The standard InChI is InChI=1S/C17H24N2/c1-5-6-7-10-16(4)13-19(15(2)3)14-17-11-8-9-12-18-17/h5-12,15H,1,13-14H2,2-4H3/b7-6-,16-10+. The van der Waals surface area contributed by atoms with Crippen LogP contribution in [0, 0.1) is 0 Å². The number of hydrogen-bond donors (Lipinski definition) is 0. The minimum atomic E-state index is 0.494. The molecule has 2 heteroatoms. The van der Waals surface area contributed by atoms with E-state index in [0.717, 1.165) is 18.8 Å². The van der Waals surface area contributed by atoms with Crippen molar-refractivity contribution in [3.8, 4) is 0 Å². The smallest absolute Gasteiger partial charge is 0.0544 e. The summed E-state index contributed by atoms with van der Waals surface area (Å²) in [7, 11) is 0. The molecule has 0 saturated heterocycles. The Hall–Kier alpha value is -1.67. The molecule has 19 heavy (non-hydrogen) atoms. The third-order valence-electron chi connectivity index (χ3n) is 2.90. The highest BCUT2D eigenvalue weighted by atomic mass is 15.1. The summed E-state index contributed by atoms with van der Waals surface area (Å²) in [4.78, 5) is 6.81. The minimum absolute atomic E-state index is 0.494. The third-order valence-corrected chi connectivity index (χ3v) is 2.90. The van der Waals surface area contributed by atoms with Gasteiger partial charge < -0.3 is 0 Å². The first kappa shape index (κ1) is 15.4. The maximum absolute atomic E-state index is 4.40. The zero-order chi connectivity index (χ0) is 14.1. The number of rotatable bonds is 7. The molecule has 1 aromatic heterocycles. The molecule has 0 aliphatic carbocycles. The fraction of sp³-hybridized carbons (Fsp3) is 0.353. The maximum atomic E-state index is 4.40. The van der Waals surface area contributed by atoms with E-state index in [-0.39, 0.29) is 0 Å². The summed E-state index contributed by atoms with van der Waals surface area (Å²) >= 11 is 0. The fourth-order valence-electron chi connectivity index (χ4n) is 1.79. The lowest BCUT2D eigenvalue weighted by Crippen LogP contribution is -2.32. The normalized spacial score (nSPS) is 12.6. The van der Waals surface area contributed by atoms with Gasteiger partial charge in [-0.3, -0.25) is 9.88 Å². The average molecular weight is 256 g/mol. The van der Waals surface area contributed by atoms with Crippen LogP contribution in [0.15, 0.2) is 60.9 Å². The van der Waals surface area contributed by atoms with Gasteiger partial charge in [-0.15, -0.1) is 0 Å². The summed E-state index contributed by atoms with van der Waals surface area (Å²) in [5.74, 6) is 0. The van der Waals surface area contributed by atoms with E-state index >= 15 is 0 Å². The summed E-state index contributed by atoms with van der Waals surface area (Å²) in [6.07, 6.45) is 9.75. The quantitative estimate of drug-likeness (QED) is 0.686. The summed E-state index contributed by atoms with van der Waals surface area (Å²) in [5, 5.41) is 0. The molecule has 0 spiro atoms. The summed E-state index contributed by atoms with van der Waals surface area (Å²) < 4.78 is 0. The molecule has 0 N–H and O–H groups in total. The molecule has 2 nitrogen and oxygen atoms in total. The van der Waals surface area contributed by atoms with Gasteiger partial charge in [-0.1, -0.05) is 42.5 Å². The van der Waals surface area contributed by atoms with Crippen molar-refractivity contribution in [3.63, 3.8) is 0 Å². The second-order valence-electron chi connectivity index (χ2n) is 4.95. The van der Waals surface area contributed by atoms with E-state index in [1.54, 1.807) is 6.08 Å². The molecule has 0 bridgehead atoms. The molecule has 0 radical (unpaired) electrons. The van der Waals surface area contributed by atoms with Crippen molar-refractivity contribution in [2.75, 3.05) is 6.54 Å². The van der Waals surface area contributed by atoms with Crippen LogP contribution in [0.2, 0.25) is 0 Å². The number of nitrogens with zero attached hydrogens (tertiary/aromatic N) is 2. The van der Waals surface area contributed by atoms with Gasteiger partial charge in [-0.25, -0.2) is 0 Å². The van der Waals surface area contributed by atoms with Crippen LogP contribution in [0.5, 0.6) is 0 Å². The lowest BCUT2D eigenvalue weighted by Gasteiger charge is -2.26. The Labute approximate surface area is 117 Å². The molecule has 0 aliphatic heterocycles. The number of hydrogen-bond acceptors (Lipinski definition) is 2. The van der Waals surface area contributed by atoms with Crippen molar-refractivity contribution in [1.29, 1.82) is 0 Å². The van der Waals surface area contributed by atoms with E-state index < -0.39 is 0 Å². The Bertz CT molecular complexity index is 430. The van der Waals surface area contributed by atoms with Crippen LogP contribution in [0.4, 0.5) is 0 Å². The second-order valence-corrected chi connectivity index (χ2v) is 4.95. The van der Waals surface area contributed by atoms with Crippen molar-refractivity contribution >= 4 is 0 Å². The van der Waals surface area contributed by atoms with Gasteiger partial charge in [0.1, 0.15) is 0 Å². The summed E-state index contributed by atoms with van der Waals surface area (Å²) in [6.45, 7) is 12.1. The van der Waals surface area contributed by atoms with Crippen LogP contribution in [0.1, 0.15) is 26.5 Å².